The molecule has 2 aromatic rings. The van der Waals surface area contributed by atoms with Crippen LogP contribution >= 0.6 is 11.6 Å². The van der Waals surface area contributed by atoms with Gasteiger partial charge >= 0.3 is 0 Å². The van der Waals surface area contributed by atoms with Crippen molar-refractivity contribution in [2.24, 2.45) is 0 Å². The SMILES string of the molecule is CNC(c1cc(C)ccc1OC)c1cccc(Cl)c1F. The first-order chi connectivity index (χ1) is 9.58. The first-order valence-corrected chi connectivity index (χ1v) is 6.72. The third kappa shape index (κ3) is 2.79. The van der Waals surface area contributed by atoms with E-state index in [4.69, 9.17) is 16.3 Å². The Bertz CT molecular complexity index is 615. The summed E-state index contributed by atoms with van der Waals surface area (Å²) >= 11 is 5.87. The molecule has 0 amide bonds. The van der Waals surface area contributed by atoms with E-state index in [1.54, 1.807) is 32.4 Å². The molecule has 0 aromatic heterocycles. The highest BCUT2D eigenvalue weighted by Gasteiger charge is 2.21. The summed E-state index contributed by atoms with van der Waals surface area (Å²) in [5, 5.41) is 3.25. The molecule has 1 atom stereocenters. The summed E-state index contributed by atoms with van der Waals surface area (Å²) in [4.78, 5) is 0. The van der Waals surface area contributed by atoms with Crippen LogP contribution in [0.15, 0.2) is 36.4 Å². The van der Waals surface area contributed by atoms with Crippen LogP contribution in [0, 0.1) is 12.7 Å². The van der Waals surface area contributed by atoms with Crippen LogP contribution in [-0.4, -0.2) is 14.2 Å². The molecule has 4 heteroatoms. The molecule has 20 heavy (non-hydrogen) atoms. The Balaban J connectivity index is 2.58. The minimum absolute atomic E-state index is 0.120. The molecule has 0 bridgehead atoms. The number of rotatable bonds is 4. The van der Waals surface area contributed by atoms with Gasteiger partial charge in [-0.15, -0.1) is 0 Å². The third-order valence-corrected chi connectivity index (χ3v) is 3.57. The highest BCUT2D eigenvalue weighted by atomic mass is 35.5. The summed E-state index contributed by atoms with van der Waals surface area (Å²) in [6.07, 6.45) is 0. The smallest absolute Gasteiger partial charge is 0.146 e. The Hall–Kier alpha value is -1.58. The van der Waals surface area contributed by atoms with Gasteiger partial charge in [-0.2, -0.15) is 0 Å². The van der Waals surface area contributed by atoms with Gasteiger partial charge in [-0.3, -0.25) is 0 Å². The van der Waals surface area contributed by atoms with Crippen LogP contribution in [0.3, 0.4) is 0 Å². The molecule has 0 radical (unpaired) electrons. The summed E-state index contributed by atoms with van der Waals surface area (Å²) in [6, 6.07) is 10.5. The van der Waals surface area contributed by atoms with Crippen molar-refractivity contribution in [2.75, 3.05) is 14.2 Å². The summed E-state index contributed by atoms with van der Waals surface area (Å²) in [6.45, 7) is 1.99. The van der Waals surface area contributed by atoms with Crippen LogP contribution in [0.1, 0.15) is 22.7 Å². The van der Waals surface area contributed by atoms with Crippen molar-refractivity contribution in [2.45, 2.75) is 13.0 Å². The second-order valence-electron chi connectivity index (χ2n) is 4.61. The van der Waals surface area contributed by atoms with Crippen molar-refractivity contribution in [3.8, 4) is 5.75 Å². The lowest BCUT2D eigenvalue weighted by molar-refractivity contribution is 0.404. The largest absolute Gasteiger partial charge is 0.496 e. The van der Waals surface area contributed by atoms with Crippen molar-refractivity contribution < 1.29 is 9.13 Å². The molecule has 2 rings (SSSR count). The van der Waals surface area contributed by atoms with Gasteiger partial charge in [-0.1, -0.05) is 41.4 Å². The molecule has 1 unspecified atom stereocenters. The Morgan fingerprint density at radius 3 is 2.60 bits per heavy atom. The number of halogens is 2. The fourth-order valence-electron chi connectivity index (χ4n) is 2.30. The van der Waals surface area contributed by atoms with E-state index in [-0.39, 0.29) is 11.1 Å². The number of hydrogen-bond acceptors (Lipinski definition) is 2. The minimum atomic E-state index is -0.405. The zero-order chi connectivity index (χ0) is 14.7. The van der Waals surface area contributed by atoms with Crippen LogP contribution < -0.4 is 10.1 Å². The predicted molar refractivity (Wildman–Crippen MR) is 80.0 cm³/mol. The topological polar surface area (TPSA) is 21.3 Å². The molecular weight excluding hydrogens is 277 g/mol. The number of methoxy groups -OCH3 is 1. The van der Waals surface area contributed by atoms with Crippen LogP contribution in [0.4, 0.5) is 4.39 Å². The number of nitrogens with one attached hydrogen (secondary N) is 1. The molecular formula is C16H17ClFNO. The fraction of sp³-hybridized carbons (Fsp3) is 0.250. The maximum Gasteiger partial charge on any atom is 0.146 e. The number of ether oxygens (including phenoxy) is 1. The van der Waals surface area contributed by atoms with Gasteiger partial charge in [0.1, 0.15) is 11.6 Å². The first-order valence-electron chi connectivity index (χ1n) is 6.34. The summed E-state index contributed by atoms with van der Waals surface area (Å²) in [5.74, 6) is 0.311. The van der Waals surface area contributed by atoms with Gasteiger partial charge in [-0.05, 0) is 26.1 Å². The molecule has 2 nitrogen and oxygen atoms in total. The second kappa shape index (κ2) is 6.25. The molecule has 1 N–H and O–H groups in total. The molecule has 0 saturated heterocycles. The molecule has 106 valence electrons. The lowest BCUT2D eigenvalue weighted by Crippen LogP contribution is -2.20. The highest BCUT2D eigenvalue weighted by molar-refractivity contribution is 6.30. The average Bonchev–Trinajstić information content (AvgIpc) is 2.44. The van der Waals surface area contributed by atoms with Crippen LogP contribution in [0.2, 0.25) is 5.02 Å². The van der Waals surface area contributed by atoms with Crippen LogP contribution in [0.25, 0.3) is 0 Å². The van der Waals surface area contributed by atoms with Gasteiger partial charge in [0.2, 0.25) is 0 Å². The number of hydrogen-bond donors (Lipinski definition) is 1. The molecule has 0 fully saturated rings. The Morgan fingerprint density at radius 1 is 1.20 bits per heavy atom. The van der Waals surface area contributed by atoms with Gasteiger partial charge in [0.05, 0.1) is 18.2 Å². The Labute approximate surface area is 123 Å². The van der Waals surface area contributed by atoms with E-state index in [1.807, 2.05) is 25.1 Å². The van der Waals surface area contributed by atoms with Crippen molar-refractivity contribution in [3.63, 3.8) is 0 Å². The molecule has 0 heterocycles. The Kier molecular flexibility index (Phi) is 4.63. The standard InChI is InChI=1S/C16H17ClFNO/c1-10-7-8-14(20-3)12(9-10)16(19-2)11-5-4-6-13(17)15(11)18/h4-9,16,19H,1-3H3. The van der Waals surface area contributed by atoms with E-state index in [9.17, 15) is 4.39 Å². The summed E-state index contributed by atoms with van der Waals surface area (Å²) in [7, 11) is 3.39. The monoisotopic (exact) mass is 293 g/mol. The van der Waals surface area contributed by atoms with Gasteiger partial charge < -0.3 is 10.1 Å². The maximum atomic E-state index is 14.2. The fourth-order valence-corrected chi connectivity index (χ4v) is 2.48. The van der Waals surface area contributed by atoms with E-state index in [0.29, 0.717) is 11.3 Å². The Morgan fingerprint density at radius 2 is 1.95 bits per heavy atom. The van der Waals surface area contributed by atoms with E-state index >= 15 is 0 Å². The third-order valence-electron chi connectivity index (χ3n) is 3.28. The summed E-state index contributed by atoms with van der Waals surface area (Å²) in [5.41, 5.74) is 2.48. The van der Waals surface area contributed by atoms with Crippen molar-refractivity contribution in [1.82, 2.24) is 5.32 Å². The molecule has 0 aliphatic carbocycles. The number of aryl methyl sites for hydroxylation is 1. The number of benzene rings is 2. The quantitative estimate of drug-likeness (QED) is 0.916. The van der Waals surface area contributed by atoms with Crippen LogP contribution in [0.5, 0.6) is 5.75 Å². The van der Waals surface area contributed by atoms with E-state index in [0.717, 1.165) is 11.1 Å². The average molecular weight is 294 g/mol. The molecule has 0 saturated carbocycles. The zero-order valence-electron chi connectivity index (χ0n) is 11.7. The molecule has 0 spiro atoms. The maximum absolute atomic E-state index is 14.2. The van der Waals surface area contributed by atoms with Gasteiger partial charge in [0, 0.05) is 11.1 Å². The first kappa shape index (κ1) is 14.8. The van der Waals surface area contributed by atoms with E-state index in [1.165, 1.54) is 0 Å². The predicted octanol–water partition coefficient (Wildman–Crippen LogP) is 4.10. The molecule has 0 aliphatic heterocycles. The lowest BCUT2D eigenvalue weighted by atomic mass is 9.96. The zero-order valence-corrected chi connectivity index (χ0v) is 12.5. The van der Waals surface area contributed by atoms with Crippen molar-refractivity contribution >= 4 is 11.6 Å². The molecule has 2 aromatic carbocycles. The lowest BCUT2D eigenvalue weighted by Gasteiger charge is -2.21. The van der Waals surface area contributed by atoms with Crippen molar-refractivity contribution in [1.29, 1.82) is 0 Å². The molecule has 0 aliphatic rings. The highest BCUT2D eigenvalue weighted by Crippen LogP contribution is 2.33. The van der Waals surface area contributed by atoms with E-state index in [2.05, 4.69) is 5.32 Å². The summed E-state index contributed by atoms with van der Waals surface area (Å²) < 4.78 is 19.6. The minimum Gasteiger partial charge on any atom is -0.496 e. The second-order valence-corrected chi connectivity index (χ2v) is 5.02. The van der Waals surface area contributed by atoms with Gasteiger partial charge in [0.15, 0.2) is 0 Å². The van der Waals surface area contributed by atoms with E-state index < -0.39 is 5.82 Å². The van der Waals surface area contributed by atoms with Gasteiger partial charge in [0.25, 0.3) is 0 Å². The van der Waals surface area contributed by atoms with Crippen molar-refractivity contribution in [3.05, 3.63) is 63.9 Å². The van der Waals surface area contributed by atoms with Gasteiger partial charge in [-0.25, -0.2) is 4.39 Å². The normalized spacial score (nSPS) is 12.2. The van der Waals surface area contributed by atoms with Crippen LogP contribution in [-0.2, 0) is 0 Å².